The Hall–Kier alpha value is -1.67. The van der Waals surface area contributed by atoms with Crippen LogP contribution < -0.4 is 10.6 Å². The van der Waals surface area contributed by atoms with E-state index in [1.807, 2.05) is 0 Å². The molecular weight excluding hydrogens is 312 g/mol. The Kier molecular flexibility index (Phi) is 6.17. The summed E-state index contributed by atoms with van der Waals surface area (Å²) in [5.41, 5.74) is -1.00. The predicted octanol–water partition coefficient (Wildman–Crippen LogP) is -0.330. The number of hydrogen-bond donors (Lipinski definition) is 3. The summed E-state index contributed by atoms with van der Waals surface area (Å²) in [6, 6.07) is -0.297. The van der Waals surface area contributed by atoms with Crippen LogP contribution in [0.25, 0.3) is 0 Å². The van der Waals surface area contributed by atoms with Crippen LogP contribution in [0.3, 0.4) is 0 Å². The van der Waals surface area contributed by atoms with Gasteiger partial charge in [0.25, 0.3) is 5.91 Å². The quantitative estimate of drug-likeness (QED) is 0.435. The Morgan fingerprint density at radius 3 is 2.75 bits per heavy atom. The number of amides is 4. The summed E-state index contributed by atoms with van der Waals surface area (Å²) in [6.45, 7) is 5.62. The number of urea groups is 1. The van der Waals surface area contributed by atoms with Gasteiger partial charge in [0.05, 0.1) is 6.61 Å². The number of rotatable bonds is 7. The third-order valence-corrected chi connectivity index (χ3v) is 4.90. The average Bonchev–Trinajstić information content (AvgIpc) is 2.74. The molecule has 1 atom stereocenters. The number of carbonyl (C=O) groups is 3. The zero-order valence-electron chi connectivity index (χ0n) is 14.5. The summed E-state index contributed by atoms with van der Waals surface area (Å²) >= 11 is 0. The maximum Gasteiger partial charge on any atom is 0.325 e. The van der Waals surface area contributed by atoms with Crippen molar-refractivity contribution in [3.63, 3.8) is 0 Å². The summed E-state index contributed by atoms with van der Waals surface area (Å²) in [7, 11) is 0. The second-order valence-electron chi connectivity index (χ2n) is 6.98. The number of imide groups is 1. The fourth-order valence-electron chi connectivity index (χ4n) is 3.23. The third kappa shape index (κ3) is 4.24. The lowest BCUT2D eigenvalue weighted by atomic mass is 10.0. The van der Waals surface area contributed by atoms with Gasteiger partial charge in [0, 0.05) is 19.1 Å². The van der Waals surface area contributed by atoms with E-state index in [4.69, 9.17) is 0 Å². The minimum absolute atomic E-state index is 0.131. The first-order chi connectivity index (χ1) is 11.4. The van der Waals surface area contributed by atoms with Gasteiger partial charge in [-0.15, -0.1) is 0 Å². The monoisotopic (exact) mass is 340 g/mol. The van der Waals surface area contributed by atoms with Crippen molar-refractivity contribution in [3.05, 3.63) is 0 Å². The van der Waals surface area contributed by atoms with Gasteiger partial charge in [-0.2, -0.15) is 0 Å². The minimum Gasteiger partial charge on any atom is -0.395 e. The zero-order chi connectivity index (χ0) is 17.7. The first-order valence-electron chi connectivity index (χ1n) is 8.61. The second-order valence-corrected chi connectivity index (χ2v) is 6.98. The molecule has 0 radical (unpaired) electrons. The predicted molar refractivity (Wildman–Crippen MR) is 88.2 cm³/mol. The summed E-state index contributed by atoms with van der Waals surface area (Å²) in [5, 5.41) is 14.4. The Balaban J connectivity index is 1.70. The van der Waals surface area contributed by atoms with Gasteiger partial charge in [0.1, 0.15) is 12.1 Å². The van der Waals surface area contributed by atoms with E-state index >= 15 is 0 Å². The van der Waals surface area contributed by atoms with Crippen LogP contribution in [0, 0.1) is 0 Å². The molecule has 0 bridgehead atoms. The zero-order valence-corrected chi connectivity index (χ0v) is 14.5. The largest absolute Gasteiger partial charge is 0.395 e. The second kappa shape index (κ2) is 7.94. The molecule has 0 aromatic heterocycles. The van der Waals surface area contributed by atoms with E-state index < -0.39 is 11.6 Å². The molecule has 2 aliphatic rings. The standard InChI is InChI=1S/C16H28N4O4/c1-16(2)14(23)18-15(24)20(16)10-13(22)17-7-5-9-19-8-4-3-6-12(19)11-21/h12,21H,3-11H2,1-2H3,(H,17,22)(H,18,23,24)/t12-/m1/s1. The summed E-state index contributed by atoms with van der Waals surface area (Å²) < 4.78 is 0. The van der Waals surface area contributed by atoms with E-state index in [2.05, 4.69) is 15.5 Å². The minimum atomic E-state index is -1.00. The van der Waals surface area contributed by atoms with E-state index in [-0.39, 0.29) is 31.0 Å². The molecule has 0 aromatic carbocycles. The molecule has 24 heavy (non-hydrogen) atoms. The van der Waals surface area contributed by atoms with Gasteiger partial charge in [0.15, 0.2) is 0 Å². The van der Waals surface area contributed by atoms with E-state index in [9.17, 15) is 19.5 Å². The molecule has 8 heteroatoms. The molecule has 0 aliphatic carbocycles. The molecule has 0 saturated carbocycles. The molecule has 136 valence electrons. The molecule has 4 amide bonds. The smallest absolute Gasteiger partial charge is 0.325 e. The Labute approximate surface area is 142 Å². The van der Waals surface area contributed by atoms with Crippen LogP contribution >= 0.6 is 0 Å². The normalized spacial score (nSPS) is 24.1. The van der Waals surface area contributed by atoms with Crippen LogP contribution in [-0.4, -0.2) is 77.1 Å². The van der Waals surface area contributed by atoms with Gasteiger partial charge in [-0.25, -0.2) is 4.79 Å². The van der Waals surface area contributed by atoms with Crippen molar-refractivity contribution in [3.8, 4) is 0 Å². The molecule has 3 N–H and O–H groups in total. The highest BCUT2D eigenvalue weighted by atomic mass is 16.3. The number of aliphatic hydroxyl groups is 1. The molecule has 2 aliphatic heterocycles. The van der Waals surface area contributed by atoms with Crippen LogP contribution in [-0.2, 0) is 9.59 Å². The first kappa shape index (κ1) is 18.7. The van der Waals surface area contributed by atoms with Crippen LogP contribution in [0.1, 0.15) is 39.5 Å². The van der Waals surface area contributed by atoms with Crippen molar-refractivity contribution in [1.29, 1.82) is 0 Å². The van der Waals surface area contributed by atoms with Crippen molar-refractivity contribution in [2.24, 2.45) is 0 Å². The molecule has 2 fully saturated rings. The van der Waals surface area contributed by atoms with Gasteiger partial charge in [-0.1, -0.05) is 6.42 Å². The van der Waals surface area contributed by atoms with Gasteiger partial charge in [-0.3, -0.25) is 19.8 Å². The van der Waals surface area contributed by atoms with Crippen molar-refractivity contribution >= 4 is 17.8 Å². The van der Waals surface area contributed by atoms with E-state index in [0.29, 0.717) is 6.54 Å². The van der Waals surface area contributed by atoms with E-state index in [0.717, 1.165) is 38.8 Å². The van der Waals surface area contributed by atoms with Gasteiger partial charge < -0.3 is 15.3 Å². The van der Waals surface area contributed by atoms with Crippen LogP contribution in [0.15, 0.2) is 0 Å². The van der Waals surface area contributed by atoms with Crippen molar-refractivity contribution in [2.45, 2.75) is 51.1 Å². The van der Waals surface area contributed by atoms with E-state index in [1.165, 1.54) is 4.90 Å². The first-order valence-corrected chi connectivity index (χ1v) is 8.61. The number of carbonyl (C=O) groups excluding carboxylic acids is 3. The highest BCUT2D eigenvalue weighted by Crippen LogP contribution is 2.20. The molecule has 0 aromatic rings. The lowest BCUT2D eigenvalue weighted by Gasteiger charge is -2.34. The maximum absolute atomic E-state index is 12.0. The van der Waals surface area contributed by atoms with Crippen molar-refractivity contribution in [1.82, 2.24) is 20.4 Å². The maximum atomic E-state index is 12.0. The van der Waals surface area contributed by atoms with Gasteiger partial charge in [-0.05, 0) is 39.7 Å². The topological polar surface area (TPSA) is 102 Å². The highest BCUT2D eigenvalue weighted by molar-refractivity contribution is 6.07. The average molecular weight is 340 g/mol. The lowest BCUT2D eigenvalue weighted by molar-refractivity contribution is -0.127. The van der Waals surface area contributed by atoms with Crippen LogP contribution in [0.4, 0.5) is 4.79 Å². The van der Waals surface area contributed by atoms with Crippen LogP contribution in [0.2, 0.25) is 0 Å². The summed E-state index contributed by atoms with van der Waals surface area (Å²) in [4.78, 5) is 38.9. The third-order valence-electron chi connectivity index (χ3n) is 4.90. The lowest BCUT2D eigenvalue weighted by Crippen LogP contribution is -2.49. The van der Waals surface area contributed by atoms with E-state index in [1.54, 1.807) is 13.8 Å². The summed E-state index contributed by atoms with van der Waals surface area (Å²) in [5.74, 6) is -0.661. The van der Waals surface area contributed by atoms with Gasteiger partial charge in [0.2, 0.25) is 5.91 Å². The molecule has 2 saturated heterocycles. The molecule has 0 unspecified atom stereocenters. The number of nitrogens with one attached hydrogen (secondary N) is 2. The fourth-order valence-corrected chi connectivity index (χ4v) is 3.23. The molecule has 2 rings (SSSR count). The summed E-state index contributed by atoms with van der Waals surface area (Å²) in [6.07, 6.45) is 4.12. The number of likely N-dealkylation sites (tertiary alicyclic amines) is 1. The Morgan fingerprint density at radius 1 is 1.38 bits per heavy atom. The number of hydrogen-bond acceptors (Lipinski definition) is 5. The van der Waals surface area contributed by atoms with Crippen molar-refractivity contribution in [2.75, 3.05) is 32.8 Å². The van der Waals surface area contributed by atoms with Crippen molar-refractivity contribution < 1.29 is 19.5 Å². The number of aliphatic hydroxyl groups excluding tert-OH is 1. The molecule has 0 spiro atoms. The van der Waals surface area contributed by atoms with Crippen LogP contribution in [0.5, 0.6) is 0 Å². The van der Waals surface area contributed by atoms with Gasteiger partial charge >= 0.3 is 6.03 Å². The number of nitrogens with zero attached hydrogens (tertiary/aromatic N) is 2. The number of piperidine rings is 1. The Morgan fingerprint density at radius 2 is 2.12 bits per heavy atom. The molecule has 8 nitrogen and oxygen atoms in total. The SMILES string of the molecule is CC1(C)C(=O)NC(=O)N1CC(=O)NCCCN1CCCC[C@@H]1CO. The molecule has 2 heterocycles. The molecular formula is C16H28N4O4. The Bertz CT molecular complexity index is 494. The fraction of sp³-hybridized carbons (Fsp3) is 0.812. The highest BCUT2D eigenvalue weighted by Gasteiger charge is 2.46.